The highest BCUT2D eigenvalue weighted by Gasteiger charge is 2.24. The molecule has 1 aliphatic rings. The fourth-order valence-corrected chi connectivity index (χ4v) is 2.87. The number of nitrogens with one attached hydrogen (secondary N) is 1. The third-order valence-corrected chi connectivity index (χ3v) is 4.23. The highest BCUT2D eigenvalue weighted by atomic mass is 16.4. The summed E-state index contributed by atoms with van der Waals surface area (Å²) < 4.78 is 0. The van der Waals surface area contributed by atoms with Crippen LogP contribution < -0.4 is 5.32 Å². The summed E-state index contributed by atoms with van der Waals surface area (Å²) in [4.78, 5) is 16.0. The van der Waals surface area contributed by atoms with Crippen LogP contribution in [0.1, 0.15) is 40.0 Å². The van der Waals surface area contributed by atoms with Gasteiger partial charge in [-0.25, -0.2) is 0 Å². The number of carboxylic acids is 1. The van der Waals surface area contributed by atoms with Crippen molar-refractivity contribution in [2.75, 3.05) is 33.2 Å². The third kappa shape index (κ3) is 5.77. The molecule has 1 unspecified atom stereocenters. The Morgan fingerprint density at radius 1 is 1.40 bits per heavy atom. The number of carbonyl (C=O) groups is 1. The summed E-state index contributed by atoms with van der Waals surface area (Å²) in [5.74, 6) is -0.743. The van der Waals surface area contributed by atoms with Crippen LogP contribution in [0.5, 0.6) is 0 Å². The van der Waals surface area contributed by atoms with Crippen molar-refractivity contribution in [1.29, 1.82) is 0 Å². The molecule has 1 rings (SSSR count). The first-order valence-electron chi connectivity index (χ1n) is 7.85. The minimum atomic E-state index is -0.743. The molecule has 0 amide bonds. The van der Waals surface area contributed by atoms with Crippen LogP contribution in [0.15, 0.2) is 0 Å². The van der Waals surface area contributed by atoms with Crippen LogP contribution in [0, 0.1) is 0 Å². The standard InChI is InChI=1S/C15H31N3O2/c1-5-18-10-6-13(7-11-18)17(4)9-8-14(15(19)20)16-12(2)3/h12-14,16H,5-11H2,1-4H3,(H,19,20). The summed E-state index contributed by atoms with van der Waals surface area (Å²) in [6.45, 7) is 10.5. The van der Waals surface area contributed by atoms with Gasteiger partial charge in [-0.15, -0.1) is 0 Å². The molecule has 20 heavy (non-hydrogen) atoms. The molecule has 0 aliphatic carbocycles. The largest absolute Gasteiger partial charge is 0.480 e. The first-order chi connectivity index (χ1) is 9.43. The molecule has 1 aliphatic heterocycles. The SMILES string of the molecule is CCN1CCC(N(C)CCC(NC(C)C)C(=O)O)CC1. The fourth-order valence-electron chi connectivity index (χ4n) is 2.87. The second kappa shape index (κ2) is 8.60. The minimum Gasteiger partial charge on any atom is -0.480 e. The molecule has 0 aromatic heterocycles. The maximum atomic E-state index is 11.2. The quantitative estimate of drug-likeness (QED) is 0.703. The number of hydrogen-bond donors (Lipinski definition) is 2. The summed E-state index contributed by atoms with van der Waals surface area (Å²) >= 11 is 0. The van der Waals surface area contributed by atoms with Gasteiger partial charge >= 0.3 is 5.97 Å². The molecule has 1 heterocycles. The van der Waals surface area contributed by atoms with Crippen LogP contribution in [-0.2, 0) is 4.79 Å². The number of nitrogens with zero attached hydrogens (tertiary/aromatic N) is 2. The molecule has 0 spiro atoms. The van der Waals surface area contributed by atoms with Gasteiger partial charge in [0.1, 0.15) is 6.04 Å². The maximum absolute atomic E-state index is 11.2. The minimum absolute atomic E-state index is 0.203. The van der Waals surface area contributed by atoms with Gasteiger partial charge in [0, 0.05) is 18.6 Å². The van der Waals surface area contributed by atoms with Crippen LogP contribution in [0.2, 0.25) is 0 Å². The van der Waals surface area contributed by atoms with Crippen LogP contribution in [0.4, 0.5) is 0 Å². The van der Waals surface area contributed by atoms with E-state index < -0.39 is 12.0 Å². The Hall–Kier alpha value is -0.650. The Labute approximate surface area is 123 Å². The Morgan fingerprint density at radius 3 is 2.45 bits per heavy atom. The molecule has 5 heteroatoms. The zero-order chi connectivity index (χ0) is 15.1. The number of rotatable bonds is 8. The van der Waals surface area contributed by atoms with Gasteiger partial charge in [-0.3, -0.25) is 4.79 Å². The number of piperidine rings is 1. The average Bonchev–Trinajstić information content (AvgIpc) is 2.42. The monoisotopic (exact) mass is 285 g/mol. The van der Waals surface area contributed by atoms with Gasteiger partial charge in [0.25, 0.3) is 0 Å². The zero-order valence-electron chi connectivity index (χ0n) is 13.4. The third-order valence-electron chi connectivity index (χ3n) is 4.23. The van der Waals surface area contributed by atoms with Gasteiger partial charge in [-0.2, -0.15) is 0 Å². The molecule has 0 saturated carbocycles. The lowest BCUT2D eigenvalue weighted by Crippen LogP contribution is -2.46. The van der Waals surface area contributed by atoms with Gasteiger partial charge in [0.05, 0.1) is 0 Å². The van der Waals surface area contributed by atoms with Crippen molar-refractivity contribution in [3.8, 4) is 0 Å². The summed E-state index contributed by atoms with van der Waals surface area (Å²) in [5, 5.41) is 12.3. The number of aliphatic carboxylic acids is 1. The fraction of sp³-hybridized carbons (Fsp3) is 0.933. The average molecular weight is 285 g/mol. The summed E-state index contributed by atoms with van der Waals surface area (Å²) in [6.07, 6.45) is 3.05. The number of carboxylic acid groups (broad SMARTS) is 1. The van der Waals surface area contributed by atoms with Crippen molar-refractivity contribution in [3.05, 3.63) is 0 Å². The lowest BCUT2D eigenvalue weighted by Gasteiger charge is -2.36. The smallest absolute Gasteiger partial charge is 0.320 e. The predicted molar refractivity (Wildman–Crippen MR) is 82.1 cm³/mol. The summed E-state index contributed by atoms with van der Waals surface area (Å²) in [6, 6.07) is 0.369. The van der Waals surface area contributed by atoms with E-state index in [1.54, 1.807) is 0 Å². The van der Waals surface area contributed by atoms with Gasteiger partial charge in [0.2, 0.25) is 0 Å². The Balaban J connectivity index is 2.34. The second-order valence-electron chi connectivity index (χ2n) is 6.15. The van der Waals surface area contributed by atoms with Crippen LogP contribution in [0.25, 0.3) is 0 Å². The molecule has 0 aromatic carbocycles. The van der Waals surface area contributed by atoms with E-state index in [0.717, 1.165) is 26.2 Å². The molecule has 1 fully saturated rings. The summed E-state index contributed by atoms with van der Waals surface area (Å²) in [7, 11) is 2.13. The van der Waals surface area contributed by atoms with Crippen molar-refractivity contribution in [2.45, 2.75) is 58.2 Å². The van der Waals surface area contributed by atoms with E-state index in [4.69, 9.17) is 0 Å². The highest BCUT2D eigenvalue weighted by molar-refractivity contribution is 5.73. The van der Waals surface area contributed by atoms with E-state index in [1.807, 2.05) is 13.8 Å². The van der Waals surface area contributed by atoms with Crippen LogP contribution >= 0.6 is 0 Å². The first-order valence-corrected chi connectivity index (χ1v) is 7.85. The van der Waals surface area contributed by atoms with Crippen LogP contribution in [-0.4, -0.2) is 72.2 Å². The molecular formula is C15H31N3O2. The molecular weight excluding hydrogens is 254 g/mol. The van der Waals surface area contributed by atoms with Gasteiger partial charge in [0.15, 0.2) is 0 Å². The van der Waals surface area contributed by atoms with Crippen molar-refractivity contribution < 1.29 is 9.90 Å². The van der Waals surface area contributed by atoms with E-state index in [0.29, 0.717) is 12.5 Å². The molecule has 118 valence electrons. The Bertz CT molecular complexity index is 289. The van der Waals surface area contributed by atoms with E-state index in [1.165, 1.54) is 12.8 Å². The first kappa shape index (κ1) is 17.4. The molecule has 1 atom stereocenters. The molecule has 0 bridgehead atoms. The van der Waals surface area contributed by atoms with E-state index in [-0.39, 0.29) is 6.04 Å². The molecule has 0 aromatic rings. The Kier molecular flexibility index (Phi) is 7.48. The second-order valence-corrected chi connectivity index (χ2v) is 6.15. The number of hydrogen-bond acceptors (Lipinski definition) is 4. The normalized spacial score (nSPS) is 19.7. The number of likely N-dealkylation sites (tertiary alicyclic amines) is 1. The van der Waals surface area contributed by atoms with Crippen molar-refractivity contribution >= 4 is 5.97 Å². The van der Waals surface area contributed by atoms with E-state index in [2.05, 4.69) is 29.1 Å². The van der Waals surface area contributed by atoms with Gasteiger partial charge < -0.3 is 20.2 Å². The van der Waals surface area contributed by atoms with E-state index >= 15 is 0 Å². The highest BCUT2D eigenvalue weighted by Crippen LogP contribution is 2.15. The molecule has 2 N–H and O–H groups in total. The van der Waals surface area contributed by atoms with Gasteiger partial charge in [-0.05, 0) is 45.9 Å². The van der Waals surface area contributed by atoms with Crippen molar-refractivity contribution in [2.24, 2.45) is 0 Å². The Morgan fingerprint density at radius 2 is 2.00 bits per heavy atom. The predicted octanol–water partition coefficient (Wildman–Crippen LogP) is 1.24. The molecule has 0 radical (unpaired) electrons. The zero-order valence-corrected chi connectivity index (χ0v) is 13.4. The maximum Gasteiger partial charge on any atom is 0.320 e. The lowest BCUT2D eigenvalue weighted by atomic mass is 10.0. The summed E-state index contributed by atoms with van der Waals surface area (Å²) in [5.41, 5.74) is 0. The van der Waals surface area contributed by atoms with Crippen molar-refractivity contribution in [1.82, 2.24) is 15.1 Å². The topological polar surface area (TPSA) is 55.8 Å². The molecule has 5 nitrogen and oxygen atoms in total. The molecule has 1 saturated heterocycles. The van der Waals surface area contributed by atoms with Crippen LogP contribution in [0.3, 0.4) is 0 Å². The van der Waals surface area contributed by atoms with Crippen molar-refractivity contribution in [3.63, 3.8) is 0 Å². The van der Waals surface area contributed by atoms with E-state index in [9.17, 15) is 9.90 Å². The lowest BCUT2D eigenvalue weighted by molar-refractivity contribution is -0.140. The van der Waals surface area contributed by atoms with Gasteiger partial charge in [-0.1, -0.05) is 20.8 Å².